The average molecular weight is 592 g/mol. The van der Waals surface area contributed by atoms with Crippen LogP contribution in [0, 0.1) is 0 Å². The number of para-hydroxylation sites is 1. The summed E-state index contributed by atoms with van der Waals surface area (Å²) in [5.74, 6) is -0.621. The highest BCUT2D eigenvalue weighted by molar-refractivity contribution is 9.10. The summed E-state index contributed by atoms with van der Waals surface area (Å²) in [6.07, 6.45) is 2.48. The van der Waals surface area contributed by atoms with Crippen LogP contribution in [0.15, 0.2) is 81.6 Å². The molecule has 36 heavy (non-hydrogen) atoms. The summed E-state index contributed by atoms with van der Waals surface area (Å²) in [7, 11) is -3.89. The second kappa shape index (κ2) is 12.8. The minimum atomic E-state index is -3.89. The number of aromatic nitrogens is 1. The SMILES string of the molecule is CCC(N)=O.O=C(NCc1cccs1)[C@H](Cc1c[nH]c2ccccc12)NS(=O)(=O)c1ccc(Br)cc1. The number of sulfonamides is 1. The van der Waals surface area contributed by atoms with Gasteiger partial charge in [-0.3, -0.25) is 9.59 Å². The van der Waals surface area contributed by atoms with Gasteiger partial charge in [0.05, 0.1) is 11.4 Å². The van der Waals surface area contributed by atoms with Crippen molar-refractivity contribution >= 4 is 60.0 Å². The summed E-state index contributed by atoms with van der Waals surface area (Å²) < 4.78 is 29.3. The largest absolute Gasteiger partial charge is 0.370 e. The van der Waals surface area contributed by atoms with Crippen molar-refractivity contribution in [3.05, 3.63) is 87.2 Å². The Labute approximate surface area is 222 Å². The van der Waals surface area contributed by atoms with Gasteiger partial charge < -0.3 is 16.0 Å². The molecular formula is C25H27BrN4O4S2. The molecule has 0 fully saturated rings. The van der Waals surface area contributed by atoms with Gasteiger partial charge >= 0.3 is 0 Å². The molecule has 2 amide bonds. The Balaban J connectivity index is 0.000000658. The lowest BCUT2D eigenvalue weighted by atomic mass is 10.1. The lowest BCUT2D eigenvalue weighted by Gasteiger charge is -2.18. The highest BCUT2D eigenvalue weighted by atomic mass is 79.9. The smallest absolute Gasteiger partial charge is 0.241 e. The maximum atomic E-state index is 13.0. The van der Waals surface area contributed by atoms with Gasteiger partial charge in [-0.15, -0.1) is 11.3 Å². The van der Waals surface area contributed by atoms with Gasteiger partial charge in [0.2, 0.25) is 21.8 Å². The summed E-state index contributed by atoms with van der Waals surface area (Å²) in [6, 6.07) is 16.9. The molecule has 1 atom stereocenters. The third kappa shape index (κ3) is 7.76. The van der Waals surface area contributed by atoms with E-state index in [-0.39, 0.29) is 23.1 Å². The van der Waals surface area contributed by atoms with Crippen LogP contribution in [0.2, 0.25) is 0 Å². The number of benzene rings is 2. The third-order valence-corrected chi connectivity index (χ3v) is 8.09. The molecule has 0 radical (unpaired) electrons. The molecule has 190 valence electrons. The summed E-state index contributed by atoms with van der Waals surface area (Å²) in [5, 5.41) is 5.75. The van der Waals surface area contributed by atoms with Gasteiger partial charge in [0, 0.05) is 32.9 Å². The van der Waals surface area contributed by atoms with E-state index in [4.69, 9.17) is 0 Å². The number of carbonyl (C=O) groups is 2. The summed E-state index contributed by atoms with van der Waals surface area (Å²) >= 11 is 4.84. The van der Waals surface area contributed by atoms with E-state index in [9.17, 15) is 18.0 Å². The van der Waals surface area contributed by atoms with E-state index in [2.05, 4.69) is 36.7 Å². The molecule has 0 saturated carbocycles. The van der Waals surface area contributed by atoms with Crippen molar-refractivity contribution in [2.45, 2.75) is 37.2 Å². The summed E-state index contributed by atoms with van der Waals surface area (Å²) in [6.45, 7) is 2.07. The highest BCUT2D eigenvalue weighted by Crippen LogP contribution is 2.21. The van der Waals surface area contributed by atoms with Crippen molar-refractivity contribution in [2.75, 3.05) is 0 Å². The van der Waals surface area contributed by atoms with Gasteiger partial charge in [-0.1, -0.05) is 47.1 Å². The fourth-order valence-electron chi connectivity index (χ4n) is 3.29. The molecule has 2 aromatic carbocycles. The summed E-state index contributed by atoms with van der Waals surface area (Å²) in [5.41, 5.74) is 6.45. The number of halogens is 1. The Morgan fingerprint density at radius 2 is 1.78 bits per heavy atom. The number of fused-ring (bicyclic) bond motifs is 1. The Morgan fingerprint density at radius 3 is 2.42 bits per heavy atom. The Morgan fingerprint density at radius 1 is 1.08 bits per heavy atom. The van der Waals surface area contributed by atoms with Crippen molar-refractivity contribution in [3.63, 3.8) is 0 Å². The number of nitrogens with one attached hydrogen (secondary N) is 3. The first-order valence-electron chi connectivity index (χ1n) is 11.1. The third-order valence-electron chi connectivity index (χ3n) is 5.20. The summed E-state index contributed by atoms with van der Waals surface area (Å²) in [4.78, 5) is 26.9. The van der Waals surface area contributed by atoms with Gasteiger partial charge in [-0.2, -0.15) is 4.72 Å². The second-order valence-electron chi connectivity index (χ2n) is 7.81. The zero-order valence-electron chi connectivity index (χ0n) is 19.5. The first-order valence-corrected chi connectivity index (χ1v) is 14.3. The average Bonchev–Trinajstić information content (AvgIpc) is 3.53. The molecule has 2 heterocycles. The number of nitrogens with two attached hydrogens (primary N) is 1. The van der Waals surface area contributed by atoms with Crippen LogP contribution < -0.4 is 15.8 Å². The van der Waals surface area contributed by atoms with Crippen LogP contribution in [0.1, 0.15) is 23.8 Å². The van der Waals surface area contributed by atoms with Crippen molar-refractivity contribution in [1.29, 1.82) is 0 Å². The molecule has 0 bridgehead atoms. The molecule has 4 aromatic rings. The fourth-order valence-corrected chi connectivity index (χ4v) is 5.39. The molecule has 8 nitrogen and oxygen atoms in total. The molecule has 0 spiro atoms. The van der Waals surface area contributed by atoms with E-state index in [1.54, 1.807) is 19.1 Å². The number of hydrogen-bond acceptors (Lipinski definition) is 5. The van der Waals surface area contributed by atoms with E-state index in [0.717, 1.165) is 25.8 Å². The topological polar surface area (TPSA) is 134 Å². The molecule has 0 unspecified atom stereocenters. The number of primary amides is 1. The van der Waals surface area contributed by atoms with Crippen molar-refractivity contribution in [1.82, 2.24) is 15.0 Å². The lowest BCUT2D eigenvalue weighted by Crippen LogP contribution is -2.47. The molecular weight excluding hydrogens is 564 g/mol. The van der Waals surface area contributed by atoms with Crippen LogP contribution in [0.4, 0.5) is 0 Å². The second-order valence-corrected chi connectivity index (χ2v) is 11.5. The van der Waals surface area contributed by atoms with E-state index >= 15 is 0 Å². The number of hydrogen-bond donors (Lipinski definition) is 4. The fraction of sp³-hybridized carbons (Fsp3) is 0.200. The first kappa shape index (κ1) is 27.6. The number of aromatic amines is 1. The number of amides is 2. The first-order chi connectivity index (χ1) is 17.2. The minimum absolute atomic E-state index is 0.102. The number of H-pyrrole nitrogens is 1. The van der Waals surface area contributed by atoms with E-state index in [0.29, 0.717) is 13.0 Å². The molecule has 0 aliphatic carbocycles. The lowest BCUT2D eigenvalue weighted by molar-refractivity contribution is -0.123. The molecule has 5 N–H and O–H groups in total. The molecule has 2 aromatic heterocycles. The van der Waals surface area contributed by atoms with Gasteiger partial charge in [0.25, 0.3) is 0 Å². The highest BCUT2D eigenvalue weighted by Gasteiger charge is 2.27. The number of rotatable bonds is 9. The molecule has 0 aliphatic rings. The molecule has 11 heteroatoms. The molecule has 0 aliphatic heterocycles. The van der Waals surface area contributed by atoms with Crippen molar-refractivity contribution in [3.8, 4) is 0 Å². The molecule has 4 rings (SSSR count). The maximum absolute atomic E-state index is 13.0. The number of carbonyl (C=O) groups excluding carboxylic acids is 2. The van der Waals surface area contributed by atoms with Crippen molar-refractivity contribution in [2.24, 2.45) is 5.73 Å². The van der Waals surface area contributed by atoms with Crippen LogP contribution in [0.3, 0.4) is 0 Å². The van der Waals surface area contributed by atoms with Crippen LogP contribution in [-0.2, 0) is 32.6 Å². The van der Waals surface area contributed by atoms with E-state index in [1.165, 1.54) is 23.5 Å². The van der Waals surface area contributed by atoms with E-state index < -0.39 is 16.1 Å². The maximum Gasteiger partial charge on any atom is 0.241 e. The van der Waals surface area contributed by atoms with Gasteiger partial charge in [0.1, 0.15) is 6.04 Å². The van der Waals surface area contributed by atoms with Crippen LogP contribution >= 0.6 is 27.3 Å². The van der Waals surface area contributed by atoms with Gasteiger partial charge in [-0.05, 0) is 53.8 Å². The van der Waals surface area contributed by atoms with E-state index in [1.807, 2.05) is 48.0 Å². The quantitative estimate of drug-likeness (QED) is 0.233. The van der Waals surface area contributed by atoms with Crippen molar-refractivity contribution < 1.29 is 18.0 Å². The monoisotopic (exact) mass is 590 g/mol. The molecule has 0 saturated heterocycles. The normalized spacial score (nSPS) is 11.9. The van der Waals surface area contributed by atoms with Crippen LogP contribution in [0.5, 0.6) is 0 Å². The Hall–Kier alpha value is -2.99. The predicted molar refractivity (Wildman–Crippen MR) is 146 cm³/mol. The minimum Gasteiger partial charge on any atom is -0.370 e. The van der Waals surface area contributed by atoms with Crippen LogP contribution in [0.25, 0.3) is 10.9 Å². The van der Waals surface area contributed by atoms with Gasteiger partial charge in [0.15, 0.2) is 0 Å². The van der Waals surface area contributed by atoms with Gasteiger partial charge in [-0.25, -0.2) is 8.42 Å². The number of thiophene rings is 1. The van der Waals surface area contributed by atoms with Crippen LogP contribution in [-0.4, -0.2) is 31.3 Å². The standard InChI is InChI=1S/C22H20BrN3O3S2.C3H7NO/c23-16-7-9-18(10-8-16)31(28,29)26-21(22(27)25-14-17-4-3-11-30-17)12-15-13-24-20-6-2-1-5-19(15)20;1-2-3(4)5/h1-11,13,21,24,26H,12,14H2,(H,25,27);2H2,1H3,(H2,4,5)/t21-;/m0./s1. The predicted octanol–water partition coefficient (Wildman–Crippen LogP) is 4.08. The Kier molecular flexibility index (Phi) is 9.82. The zero-order valence-corrected chi connectivity index (χ0v) is 22.8. The zero-order chi connectivity index (χ0) is 26.1. The Bertz CT molecular complexity index is 1400.